The summed E-state index contributed by atoms with van der Waals surface area (Å²) in [7, 11) is 0. The number of rotatable bonds is 3. The molecule has 0 unspecified atom stereocenters. The molecule has 0 aliphatic rings. The molecule has 1 N–H and O–H groups in total. The van der Waals surface area contributed by atoms with E-state index in [2.05, 4.69) is 15.9 Å². The Balaban J connectivity index is 3.44. The van der Waals surface area contributed by atoms with Gasteiger partial charge in [-0.2, -0.15) is 0 Å². The summed E-state index contributed by atoms with van der Waals surface area (Å²) in [4.78, 5) is 22.2. The first kappa shape index (κ1) is 10.9. The van der Waals surface area contributed by atoms with E-state index in [4.69, 9.17) is 0 Å². The Morgan fingerprint density at radius 3 is 2.71 bits per heavy atom. The van der Waals surface area contributed by atoms with Gasteiger partial charge >= 0.3 is 0 Å². The van der Waals surface area contributed by atoms with Crippen LogP contribution < -0.4 is 0 Å². The maximum absolute atomic E-state index is 11.4. The summed E-state index contributed by atoms with van der Waals surface area (Å²) < 4.78 is 0.516. The molecule has 0 amide bonds. The SMILES string of the molecule is CCC(=O)c1c(O)ccc(Br)c1C=O. The number of carbonyl (C=O) groups is 2. The van der Waals surface area contributed by atoms with Crippen molar-refractivity contribution < 1.29 is 14.7 Å². The first-order valence-electron chi connectivity index (χ1n) is 4.11. The molecule has 4 heteroatoms. The minimum absolute atomic E-state index is 0.0943. The summed E-state index contributed by atoms with van der Waals surface area (Å²) in [5, 5.41) is 9.45. The smallest absolute Gasteiger partial charge is 0.167 e. The molecule has 14 heavy (non-hydrogen) atoms. The zero-order valence-electron chi connectivity index (χ0n) is 7.58. The van der Waals surface area contributed by atoms with E-state index in [1.807, 2.05) is 0 Å². The average molecular weight is 257 g/mol. The third kappa shape index (κ3) is 1.85. The zero-order valence-corrected chi connectivity index (χ0v) is 9.17. The minimum atomic E-state index is -0.245. The summed E-state index contributed by atoms with van der Waals surface area (Å²) in [6, 6.07) is 2.92. The van der Waals surface area contributed by atoms with Gasteiger partial charge in [-0.25, -0.2) is 0 Å². The first-order chi connectivity index (χ1) is 6.61. The Kier molecular flexibility index (Phi) is 3.41. The number of Topliss-reactive ketones (excluding diaryl/α,β-unsaturated/α-hetero) is 1. The Morgan fingerprint density at radius 1 is 1.57 bits per heavy atom. The lowest BCUT2D eigenvalue weighted by Crippen LogP contribution is -2.03. The molecule has 0 saturated heterocycles. The number of hydrogen-bond acceptors (Lipinski definition) is 3. The second-order valence-corrected chi connectivity index (χ2v) is 3.60. The van der Waals surface area contributed by atoms with Gasteiger partial charge in [-0.05, 0) is 12.1 Å². The van der Waals surface area contributed by atoms with Gasteiger partial charge < -0.3 is 5.11 Å². The molecule has 0 aliphatic carbocycles. The van der Waals surface area contributed by atoms with Crippen molar-refractivity contribution in [3.8, 4) is 5.75 Å². The molecule has 0 heterocycles. The molecule has 0 atom stereocenters. The number of aromatic hydroxyl groups is 1. The molecule has 0 fully saturated rings. The Bertz CT molecular complexity index is 385. The largest absolute Gasteiger partial charge is 0.507 e. The number of phenolic OH excluding ortho intramolecular Hbond substituents is 1. The second kappa shape index (κ2) is 4.37. The van der Waals surface area contributed by atoms with Gasteiger partial charge in [0.25, 0.3) is 0 Å². The Hall–Kier alpha value is -1.16. The van der Waals surface area contributed by atoms with Crippen LogP contribution in [0.15, 0.2) is 16.6 Å². The molecule has 0 aromatic heterocycles. The number of ketones is 1. The number of hydrogen-bond donors (Lipinski definition) is 1. The highest BCUT2D eigenvalue weighted by Gasteiger charge is 2.16. The number of benzene rings is 1. The van der Waals surface area contributed by atoms with Crippen LogP contribution in [0.3, 0.4) is 0 Å². The van der Waals surface area contributed by atoms with Gasteiger partial charge in [-0.3, -0.25) is 9.59 Å². The van der Waals surface area contributed by atoms with E-state index in [9.17, 15) is 14.7 Å². The van der Waals surface area contributed by atoms with E-state index in [-0.39, 0.29) is 29.1 Å². The zero-order chi connectivity index (χ0) is 10.7. The highest BCUT2D eigenvalue weighted by atomic mass is 79.9. The van der Waals surface area contributed by atoms with Gasteiger partial charge in [-0.15, -0.1) is 0 Å². The standard InChI is InChI=1S/C10H9BrO3/c1-2-8(13)10-6(5-12)7(11)3-4-9(10)14/h3-5,14H,2H2,1H3. The van der Waals surface area contributed by atoms with Crippen molar-refractivity contribution in [3.63, 3.8) is 0 Å². The average Bonchev–Trinajstić information content (AvgIpc) is 2.19. The maximum Gasteiger partial charge on any atom is 0.167 e. The van der Waals surface area contributed by atoms with Crippen molar-refractivity contribution >= 4 is 28.0 Å². The molecule has 1 aromatic carbocycles. The fourth-order valence-corrected chi connectivity index (χ4v) is 1.59. The molecule has 74 valence electrons. The van der Waals surface area contributed by atoms with E-state index in [1.165, 1.54) is 12.1 Å². The summed E-state index contributed by atoms with van der Waals surface area (Å²) in [5.74, 6) is -0.395. The predicted octanol–water partition coefficient (Wildman–Crippen LogP) is 2.56. The lowest BCUT2D eigenvalue weighted by molar-refractivity contribution is 0.0978. The van der Waals surface area contributed by atoms with E-state index in [0.29, 0.717) is 10.8 Å². The van der Waals surface area contributed by atoms with Crippen molar-refractivity contribution in [1.82, 2.24) is 0 Å². The minimum Gasteiger partial charge on any atom is -0.507 e. The molecular formula is C10H9BrO3. The normalized spacial score (nSPS) is 9.86. The van der Waals surface area contributed by atoms with Crippen LogP contribution in [0.4, 0.5) is 0 Å². The maximum atomic E-state index is 11.4. The third-order valence-electron chi connectivity index (χ3n) is 1.89. The summed E-state index contributed by atoms with van der Waals surface area (Å²) in [5.41, 5.74) is 0.300. The van der Waals surface area contributed by atoms with Crippen LogP contribution in [0.25, 0.3) is 0 Å². The molecule has 0 aliphatic heterocycles. The van der Waals surface area contributed by atoms with Crippen molar-refractivity contribution in [3.05, 3.63) is 27.7 Å². The fraction of sp³-hybridized carbons (Fsp3) is 0.200. The molecule has 1 aromatic rings. The number of carbonyl (C=O) groups excluding carboxylic acids is 2. The van der Waals surface area contributed by atoms with Crippen LogP contribution in [0, 0.1) is 0 Å². The number of phenols is 1. The Labute approximate surface area is 89.9 Å². The van der Waals surface area contributed by atoms with Crippen molar-refractivity contribution in [2.45, 2.75) is 13.3 Å². The van der Waals surface area contributed by atoms with Crippen LogP contribution >= 0.6 is 15.9 Å². The highest BCUT2D eigenvalue weighted by molar-refractivity contribution is 9.10. The van der Waals surface area contributed by atoms with E-state index < -0.39 is 0 Å². The lowest BCUT2D eigenvalue weighted by atomic mass is 10.0. The summed E-state index contributed by atoms with van der Waals surface area (Å²) in [6.45, 7) is 1.68. The van der Waals surface area contributed by atoms with E-state index >= 15 is 0 Å². The molecule has 0 radical (unpaired) electrons. The van der Waals surface area contributed by atoms with Gasteiger partial charge in [0.15, 0.2) is 12.1 Å². The van der Waals surface area contributed by atoms with Crippen molar-refractivity contribution in [2.75, 3.05) is 0 Å². The van der Waals surface area contributed by atoms with Gasteiger partial charge in [-0.1, -0.05) is 22.9 Å². The number of halogens is 1. The number of aldehydes is 1. The Morgan fingerprint density at radius 2 is 2.21 bits per heavy atom. The summed E-state index contributed by atoms with van der Waals surface area (Å²) >= 11 is 3.14. The van der Waals surface area contributed by atoms with Crippen molar-refractivity contribution in [1.29, 1.82) is 0 Å². The van der Waals surface area contributed by atoms with Gasteiger partial charge in [0.1, 0.15) is 5.75 Å². The molecule has 0 spiro atoms. The monoisotopic (exact) mass is 256 g/mol. The third-order valence-corrected chi connectivity index (χ3v) is 2.58. The van der Waals surface area contributed by atoms with E-state index in [0.717, 1.165) is 0 Å². The molecule has 3 nitrogen and oxygen atoms in total. The fourth-order valence-electron chi connectivity index (χ4n) is 1.17. The van der Waals surface area contributed by atoms with Gasteiger partial charge in [0.05, 0.1) is 5.56 Å². The van der Waals surface area contributed by atoms with E-state index in [1.54, 1.807) is 6.92 Å². The quantitative estimate of drug-likeness (QED) is 0.668. The molecule has 1 rings (SSSR count). The first-order valence-corrected chi connectivity index (χ1v) is 4.91. The van der Waals surface area contributed by atoms with Crippen LogP contribution in [0.5, 0.6) is 5.75 Å². The molecular weight excluding hydrogens is 248 g/mol. The molecule has 0 bridgehead atoms. The highest BCUT2D eigenvalue weighted by Crippen LogP contribution is 2.27. The van der Waals surface area contributed by atoms with Gasteiger partial charge in [0, 0.05) is 16.5 Å². The van der Waals surface area contributed by atoms with Gasteiger partial charge in [0.2, 0.25) is 0 Å². The van der Waals surface area contributed by atoms with Crippen LogP contribution in [-0.4, -0.2) is 17.2 Å². The second-order valence-electron chi connectivity index (χ2n) is 2.75. The predicted molar refractivity (Wildman–Crippen MR) is 55.8 cm³/mol. The van der Waals surface area contributed by atoms with Crippen LogP contribution in [-0.2, 0) is 0 Å². The van der Waals surface area contributed by atoms with Crippen LogP contribution in [0.1, 0.15) is 34.1 Å². The lowest BCUT2D eigenvalue weighted by Gasteiger charge is -2.06. The van der Waals surface area contributed by atoms with Crippen molar-refractivity contribution in [2.24, 2.45) is 0 Å². The van der Waals surface area contributed by atoms with Crippen LogP contribution in [0.2, 0.25) is 0 Å². The molecule has 0 saturated carbocycles. The topological polar surface area (TPSA) is 54.4 Å². The summed E-state index contributed by atoms with van der Waals surface area (Å²) in [6.07, 6.45) is 0.817.